The second kappa shape index (κ2) is 7.39. The Balaban J connectivity index is 1.11. The molecule has 2 aromatic rings. The van der Waals surface area contributed by atoms with E-state index in [1.165, 1.54) is 24.6 Å². The zero-order valence-electron chi connectivity index (χ0n) is 18.7. The molecule has 2 N–H and O–H groups in total. The Bertz CT molecular complexity index is 1130. The van der Waals surface area contributed by atoms with Crippen molar-refractivity contribution in [3.05, 3.63) is 83.1 Å². The predicted octanol–water partition coefficient (Wildman–Crippen LogP) is 4.52. The zero-order chi connectivity index (χ0) is 22.8. The van der Waals surface area contributed by atoms with Crippen molar-refractivity contribution < 1.29 is 13.6 Å². The molecule has 5 aliphatic rings. The van der Waals surface area contributed by atoms with Gasteiger partial charge in [-0.05, 0) is 91.5 Å². The van der Waals surface area contributed by atoms with Gasteiger partial charge in [-0.2, -0.15) is 0 Å². The van der Waals surface area contributed by atoms with Crippen LogP contribution in [0.3, 0.4) is 0 Å². The third-order valence-electron chi connectivity index (χ3n) is 8.50. The standard InChI is InChI=1S/C27H29F2N3O/c1-17(32-14-20-4-7-24(29)9-21(20)15-32)13-30-26-10-18-8-22(12-26)27(11-18,16-26)31-25(33)19-2-5-23(28)6-3-19/h2-7,9,18,22,30H,1,8,10-16H2,(H,31,33). The molecule has 172 valence electrons. The van der Waals surface area contributed by atoms with Gasteiger partial charge in [0, 0.05) is 42.0 Å². The van der Waals surface area contributed by atoms with Gasteiger partial charge in [-0.3, -0.25) is 4.79 Å². The molecule has 4 aliphatic carbocycles. The summed E-state index contributed by atoms with van der Waals surface area (Å²) < 4.78 is 26.8. The molecule has 4 saturated carbocycles. The fourth-order valence-electron chi connectivity index (χ4n) is 7.19. The summed E-state index contributed by atoms with van der Waals surface area (Å²) in [6, 6.07) is 10.8. The van der Waals surface area contributed by atoms with Crippen molar-refractivity contribution in [2.75, 3.05) is 6.54 Å². The average molecular weight is 450 g/mol. The lowest BCUT2D eigenvalue weighted by molar-refractivity contribution is 0.0864. The summed E-state index contributed by atoms with van der Waals surface area (Å²) in [6.45, 7) is 6.48. The Kier molecular flexibility index (Phi) is 4.67. The van der Waals surface area contributed by atoms with Crippen LogP contribution in [0.2, 0.25) is 0 Å². The van der Waals surface area contributed by atoms with Gasteiger partial charge >= 0.3 is 0 Å². The molecule has 4 unspecified atom stereocenters. The molecule has 2 aromatic carbocycles. The molecule has 4 atom stereocenters. The van der Waals surface area contributed by atoms with Gasteiger partial charge in [0.05, 0.1) is 0 Å². The van der Waals surface area contributed by atoms with E-state index in [0.717, 1.165) is 49.1 Å². The summed E-state index contributed by atoms with van der Waals surface area (Å²) in [6.07, 6.45) is 5.32. The third kappa shape index (κ3) is 3.55. The maximum Gasteiger partial charge on any atom is 0.251 e. The maximum absolute atomic E-state index is 13.6. The van der Waals surface area contributed by atoms with E-state index >= 15 is 0 Å². The second-order valence-corrected chi connectivity index (χ2v) is 10.7. The quantitative estimate of drug-likeness (QED) is 0.682. The van der Waals surface area contributed by atoms with Crippen LogP contribution in [0.15, 0.2) is 54.7 Å². The van der Waals surface area contributed by atoms with Crippen LogP contribution in [0.1, 0.15) is 53.6 Å². The van der Waals surface area contributed by atoms with Crippen LogP contribution < -0.4 is 10.6 Å². The first-order valence-electron chi connectivity index (χ1n) is 11.9. The first kappa shape index (κ1) is 20.8. The largest absolute Gasteiger partial charge is 0.366 e. The first-order chi connectivity index (χ1) is 15.8. The van der Waals surface area contributed by atoms with Gasteiger partial charge in [0.1, 0.15) is 11.6 Å². The highest BCUT2D eigenvalue weighted by Gasteiger charge is 2.64. The van der Waals surface area contributed by atoms with Crippen LogP contribution in [0.4, 0.5) is 8.78 Å². The van der Waals surface area contributed by atoms with E-state index in [2.05, 4.69) is 22.1 Å². The van der Waals surface area contributed by atoms with Crippen molar-refractivity contribution in [3.8, 4) is 0 Å². The number of benzene rings is 2. The van der Waals surface area contributed by atoms with E-state index in [4.69, 9.17) is 0 Å². The fraction of sp³-hybridized carbons (Fsp3) is 0.444. The van der Waals surface area contributed by atoms with Crippen molar-refractivity contribution in [2.24, 2.45) is 11.8 Å². The lowest BCUT2D eigenvalue weighted by Gasteiger charge is -2.42. The van der Waals surface area contributed by atoms with E-state index in [0.29, 0.717) is 30.5 Å². The average Bonchev–Trinajstić information content (AvgIpc) is 3.37. The number of hydrogen-bond acceptors (Lipinski definition) is 3. The number of halogens is 2. The van der Waals surface area contributed by atoms with Crippen LogP contribution in [0.5, 0.6) is 0 Å². The van der Waals surface area contributed by atoms with Gasteiger partial charge < -0.3 is 15.5 Å². The van der Waals surface area contributed by atoms with E-state index in [1.54, 1.807) is 18.2 Å². The molecular weight excluding hydrogens is 420 g/mol. The van der Waals surface area contributed by atoms with Gasteiger partial charge in [-0.15, -0.1) is 0 Å². The van der Waals surface area contributed by atoms with Crippen LogP contribution in [-0.2, 0) is 13.1 Å². The van der Waals surface area contributed by atoms with Crippen LogP contribution in [0, 0.1) is 23.5 Å². The highest BCUT2D eigenvalue weighted by Crippen LogP contribution is 2.62. The Morgan fingerprint density at radius 1 is 1.03 bits per heavy atom. The molecule has 4 fully saturated rings. The number of fused-ring (bicyclic) bond motifs is 1. The molecule has 1 aliphatic heterocycles. The van der Waals surface area contributed by atoms with E-state index < -0.39 is 0 Å². The number of amides is 1. The van der Waals surface area contributed by atoms with E-state index in [1.807, 2.05) is 6.07 Å². The minimum absolute atomic E-state index is 0.0174. The summed E-state index contributed by atoms with van der Waals surface area (Å²) in [7, 11) is 0. The Hall–Kier alpha value is -2.73. The van der Waals surface area contributed by atoms with Crippen LogP contribution >= 0.6 is 0 Å². The lowest BCUT2D eigenvalue weighted by atomic mass is 9.74. The molecule has 7 rings (SSSR count). The minimum Gasteiger partial charge on any atom is -0.366 e. The number of nitrogens with one attached hydrogen (secondary N) is 2. The van der Waals surface area contributed by atoms with E-state index in [9.17, 15) is 13.6 Å². The monoisotopic (exact) mass is 449 g/mol. The molecule has 0 radical (unpaired) electrons. The molecule has 1 heterocycles. The summed E-state index contributed by atoms with van der Waals surface area (Å²) in [4.78, 5) is 15.2. The lowest BCUT2D eigenvalue weighted by Crippen LogP contribution is -2.55. The van der Waals surface area contributed by atoms with Crippen molar-refractivity contribution in [1.82, 2.24) is 15.5 Å². The minimum atomic E-state index is -0.333. The zero-order valence-corrected chi connectivity index (χ0v) is 18.7. The fourth-order valence-corrected chi connectivity index (χ4v) is 7.19. The van der Waals surface area contributed by atoms with Gasteiger partial charge in [0.15, 0.2) is 0 Å². The topological polar surface area (TPSA) is 44.4 Å². The summed E-state index contributed by atoms with van der Waals surface area (Å²) in [5, 5.41) is 7.20. The summed E-state index contributed by atoms with van der Waals surface area (Å²) >= 11 is 0. The molecule has 6 heteroatoms. The first-order valence-corrected chi connectivity index (χ1v) is 11.9. The number of hydrogen-bond donors (Lipinski definition) is 2. The summed E-state index contributed by atoms with van der Waals surface area (Å²) in [5.41, 5.74) is 3.58. The number of rotatable bonds is 6. The van der Waals surface area contributed by atoms with Crippen molar-refractivity contribution >= 4 is 5.91 Å². The predicted molar refractivity (Wildman–Crippen MR) is 122 cm³/mol. The van der Waals surface area contributed by atoms with Crippen LogP contribution in [-0.4, -0.2) is 28.4 Å². The number of nitrogens with zero attached hydrogens (tertiary/aromatic N) is 1. The SMILES string of the molecule is C=C(CNC12CC3CC(C1)C(NC(=O)c1ccc(F)cc1)(C3)C2)N1Cc2ccc(F)cc2C1. The number of carbonyl (C=O) groups is 1. The summed E-state index contributed by atoms with van der Waals surface area (Å²) in [5.74, 6) is 0.459. The van der Waals surface area contributed by atoms with Crippen molar-refractivity contribution in [3.63, 3.8) is 0 Å². The molecule has 1 amide bonds. The van der Waals surface area contributed by atoms with Gasteiger partial charge in [0.2, 0.25) is 0 Å². The third-order valence-corrected chi connectivity index (χ3v) is 8.50. The molecule has 4 bridgehead atoms. The Labute approximate surface area is 193 Å². The Morgan fingerprint density at radius 3 is 2.61 bits per heavy atom. The van der Waals surface area contributed by atoms with Crippen LogP contribution in [0.25, 0.3) is 0 Å². The highest BCUT2D eigenvalue weighted by molar-refractivity contribution is 5.94. The van der Waals surface area contributed by atoms with Gasteiger partial charge in [0.25, 0.3) is 5.91 Å². The van der Waals surface area contributed by atoms with Gasteiger partial charge in [-0.25, -0.2) is 8.78 Å². The van der Waals surface area contributed by atoms with Crippen molar-refractivity contribution in [2.45, 2.75) is 56.3 Å². The molecule has 33 heavy (non-hydrogen) atoms. The van der Waals surface area contributed by atoms with Crippen molar-refractivity contribution in [1.29, 1.82) is 0 Å². The second-order valence-electron chi connectivity index (χ2n) is 10.7. The molecule has 4 nitrogen and oxygen atoms in total. The molecule has 0 saturated heterocycles. The normalized spacial score (nSPS) is 31.2. The molecular formula is C27H29F2N3O. The highest BCUT2D eigenvalue weighted by atomic mass is 19.1. The van der Waals surface area contributed by atoms with E-state index in [-0.39, 0.29) is 28.6 Å². The Morgan fingerprint density at radius 2 is 1.79 bits per heavy atom. The van der Waals surface area contributed by atoms with Gasteiger partial charge in [-0.1, -0.05) is 12.6 Å². The number of carbonyl (C=O) groups excluding carboxylic acids is 1. The smallest absolute Gasteiger partial charge is 0.251 e. The maximum atomic E-state index is 13.6. The molecule has 0 spiro atoms. The molecule has 0 aromatic heterocycles.